The molecule has 0 unspecified atom stereocenters. The predicted octanol–water partition coefficient (Wildman–Crippen LogP) is 1.25. The number of aromatic nitrogens is 2. The molecular formula is C12H13N5O2. The van der Waals surface area contributed by atoms with Crippen LogP contribution in [0.25, 0.3) is 11.5 Å². The summed E-state index contributed by atoms with van der Waals surface area (Å²) in [6.45, 7) is 1.00. The summed E-state index contributed by atoms with van der Waals surface area (Å²) >= 11 is 0. The lowest BCUT2D eigenvalue weighted by atomic mass is 10.2. The van der Waals surface area contributed by atoms with E-state index in [2.05, 4.69) is 21.4 Å². The van der Waals surface area contributed by atoms with Gasteiger partial charge in [0.25, 0.3) is 0 Å². The number of methoxy groups -OCH3 is 1. The maximum Gasteiger partial charge on any atom is 0.222 e. The number of furan rings is 1. The van der Waals surface area contributed by atoms with Crippen molar-refractivity contribution in [1.82, 2.24) is 9.97 Å². The van der Waals surface area contributed by atoms with Crippen LogP contribution in [0.3, 0.4) is 0 Å². The molecule has 0 aliphatic carbocycles. The third-order valence-corrected chi connectivity index (χ3v) is 2.39. The van der Waals surface area contributed by atoms with Crippen LogP contribution in [0.5, 0.6) is 0 Å². The first-order valence-corrected chi connectivity index (χ1v) is 5.60. The summed E-state index contributed by atoms with van der Waals surface area (Å²) < 4.78 is 10.2. The van der Waals surface area contributed by atoms with Crippen molar-refractivity contribution in [3.63, 3.8) is 0 Å². The minimum absolute atomic E-state index is 0.0744. The lowest BCUT2D eigenvalue weighted by Gasteiger charge is -2.09. The van der Waals surface area contributed by atoms with Gasteiger partial charge in [-0.2, -0.15) is 10.2 Å². The number of nitrogens with two attached hydrogens (primary N) is 1. The number of nitrogens with one attached hydrogen (secondary N) is 1. The average molecular weight is 259 g/mol. The van der Waals surface area contributed by atoms with Gasteiger partial charge in [0.15, 0.2) is 5.76 Å². The molecule has 2 rings (SSSR count). The van der Waals surface area contributed by atoms with Crippen molar-refractivity contribution in [3.8, 4) is 17.5 Å². The van der Waals surface area contributed by atoms with Crippen molar-refractivity contribution in [2.45, 2.75) is 0 Å². The van der Waals surface area contributed by atoms with Gasteiger partial charge in [-0.25, -0.2) is 4.98 Å². The van der Waals surface area contributed by atoms with E-state index in [1.165, 1.54) is 6.26 Å². The maximum absolute atomic E-state index is 9.26. The summed E-state index contributed by atoms with van der Waals surface area (Å²) in [5, 5.41) is 12.2. The molecule has 0 bridgehead atoms. The summed E-state index contributed by atoms with van der Waals surface area (Å²) in [6.07, 6.45) is 1.51. The van der Waals surface area contributed by atoms with Crippen molar-refractivity contribution in [3.05, 3.63) is 24.0 Å². The smallest absolute Gasteiger partial charge is 0.222 e. The summed E-state index contributed by atoms with van der Waals surface area (Å²) in [7, 11) is 1.59. The van der Waals surface area contributed by atoms with Crippen LogP contribution < -0.4 is 11.1 Å². The van der Waals surface area contributed by atoms with Gasteiger partial charge in [0.05, 0.1) is 12.9 Å². The largest absolute Gasteiger partial charge is 0.463 e. The van der Waals surface area contributed by atoms with Gasteiger partial charge in [-0.3, -0.25) is 0 Å². The maximum atomic E-state index is 9.26. The lowest BCUT2D eigenvalue weighted by molar-refractivity contribution is 0.210. The van der Waals surface area contributed by atoms with E-state index in [4.69, 9.17) is 14.9 Å². The molecule has 0 atom stereocenters. The Morgan fingerprint density at radius 1 is 1.53 bits per heavy atom. The fraction of sp³-hybridized carbons (Fsp3) is 0.250. The van der Waals surface area contributed by atoms with Crippen LogP contribution >= 0.6 is 0 Å². The van der Waals surface area contributed by atoms with E-state index in [9.17, 15) is 5.26 Å². The van der Waals surface area contributed by atoms with Crippen LogP contribution in [0.1, 0.15) is 5.56 Å². The molecule has 0 spiro atoms. The second-order valence-corrected chi connectivity index (χ2v) is 3.66. The van der Waals surface area contributed by atoms with Crippen molar-refractivity contribution in [2.75, 3.05) is 31.3 Å². The number of nitrogen functional groups attached to an aromatic ring is 1. The van der Waals surface area contributed by atoms with E-state index in [1.54, 1.807) is 19.2 Å². The molecular weight excluding hydrogens is 246 g/mol. The fourth-order valence-corrected chi connectivity index (χ4v) is 1.57. The molecule has 7 heteroatoms. The molecule has 3 N–H and O–H groups in total. The van der Waals surface area contributed by atoms with Crippen molar-refractivity contribution in [1.29, 1.82) is 5.26 Å². The quantitative estimate of drug-likeness (QED) is 0.777. The van der Waals surface area contributed by atoms with Crippen LogP contribution in [0.4, 0.5) is 11.8 Å². The highest BCUT2D eigenvalue weighted by Crippen LogP contribution is 2.26. The average Bonchev–Trinajstić information content (AvgIpc) is 2.92. The number of hydrogen-bond acceptors (Lipinski definition) is 7. The molecule has 2 aromatic rings. The summed E-state index contributed by atoms with van der Waals surface area (Å²) in [5.74, 6) is 0.921. The second-order valence-electron chi connectivity index (χ2n) is 3.66. The summed E-state index contributed by atoms with van der Waals surface area (Å²) in [5.41, 5.74) is 6.32. The highest BCUT2D eigenvalue weighted by atomic mass is 16.5. The van der Waals surface area contributed by atoms with Gasteiger partial charge in [-0.05, 0) is 12.1 Å². The van der Waals surface area contributed by atoms with E-state index in [1.807, 2.05) is 0 Å². The molecule has 0 saturated heterocycles. The van der Waals surface area contributed by atoms with Crippen molar-refractivity contribution < 1.29 is 9.15 Å². The zero-order valence-electron chi connectivity index (χ0n) is 10.4. The topological polar surface area (TPSA) is 110 Å². The van der Waals surface area contributed by atoms with Crippen LogP contribution in [0.15, 0.2) is 22.8 Å². The van der Waals surface area contributed by atoms with E-state index in [0.717, 1.165) is 0 Å². The van der Waals surface area contributed by atoms with Crippen LogP contribution in [-0.2, 0) is 4.74 Å². The molecule has 0 aromatic carbocycles. The Morgan fingerprint density at radius 3 is 3.00 bits per heavy atom. The molecule has 2 heterocycles. The van der Waals surface area contributed by atoms with Crippen LogP contribution in [-0.4, -0.2) is 30.2 Å². The number of ether oxygens (including phenoxy) is 1. The molecule has 0 saturated carbocycles. The van der Waals surface area contributed by atoms with Gasteiger partial charge in [0.2, 0.25) is 5.95 Å². The van der Waals surface area contributed by atoms with Gasteiger partial charge in [-0.1, -0.05) is 0 Å². The fourth-order valence-electron chi connectivity index (χ4n) is 1.57. The van der Waals surface area contributed by atoms with E-state index < -0.39 is 0 Å². The normalized spacial score (nSPS) is 10.1. The Balaban J connectivity index is 2.41. The Bertz CT molecular complexity index is 589. The molecule has 7 nitrogen and oxygen atoms in total. The van der Waals surface area contributed by atoms with Crippen molar-refractivity contribution >= 4 is 11.8 Å². The monoisotopic (exact) mass is 259 g/mol. The molecule has 0 aliphatic rings. The van der Waals surface area contributed by atoms with E-state index >= 15 is 0 Å². The van der Waals surface area contributed by atoms with Gasteiger partial charge in [-0.15, -0.1) is 0 Å². The lowest BCUT2D eigenvalue weighted by Crippen LogP contribution is -2.12. The highest BCUT2D eigenvalue weighted by molar-refractivity contribution is 5.71. The molecule has 0 aliphatic heterocycles. The van der Waals surface area contributed by atoms with E-state index in [-0.39, 0.29) is 5.95 Å². The zero-order valence-corrected chi connectivity index (χ0v) is 10.4. The van der Waals surface area contributed by atoms with Gasteiger partial charge < -0.3 is 20.2 Å². The van der Waals surface area contributed by atoms with E-state index in [0.29, 0.717) is 36.0 Å². The summed E-state index contributed by atoms with van der Waals surface area (Å²) in [4.78, 5) is 8.08. The molecule has 2 aromatic heterocycles. The molecule has 0 amide bonds. The predicted molar refractivity (Wildman–Crippen MR) is 69.2 cm³/mol. The highest BCUT2D eigenvalue weighted by Gasteiger charge is 2.16. The number of nitriles is 1. The summed E-state index contributed by atoms with van der Waals surface area (Å²) in [6, 6.07) is 5.49. The van der Waals surface area contributed by atoms with Crippen LogP contribution in [0.2, 0.25) is 0 Å². The standard InChI is InChI=1S/C12H13N5O2/c1-18-6-4-15-11-8(7-13)10(16-12(14)17-11)9-3-2-5-19-9/h2-3,5H,4,6H2,1H3,(H3,14,15,16,17). The first-order chi connectivity index (χ1) is 9.26. The minimum Gasteiger partial charge on any atom is -0.463 e. The Hall–Kier alpha value is -2.59. The van der Waals surface area contributed by atoms with Gasteiger partial charge in [0.1, 0.15) is 23.1 Å². The number of anilines is 2. The molecule has 0 radical (unpaired) electrons. The Labute approximate surface area is 110 Å². The Morgan fingerprint density at radius 2 is 2.37 bits per heavy atom. The first-order valence-electron chi connectivity index (χ1n) is 5.60. The minimum atomic E-state index is 0.0744. The van der Waals surface area contributed by atoms with Gasteiger partial charge >= 0.3 is 0 Å². The third kappa shape index (κ3) is 2.81. The Kier molecular flexibility index (Phi) is 3.95. The molecule has 0 fully saturated rings. The molecule has 19 heavy (non-hydrogen) atoms. The third-order valence-electron chi connectivity index (χ3n) is 2.39. The second kappa shape index (κ2) is 5.84. The SMILES string of the molecule is COCCNc1nc(N)nc(-c2ccco2)c1C#N. The number of hydrogen-bond donors (Lipinski definition) is 2. The van der Waals surface area contributed by atoms with Gasteiger partial charge in [0, 0.05) is 13.7 Å². The number of nitrogens with zero attached hydrogens (tertiary/aromatic N) is 3. The zero-order chi connectivity index (χ0) is 13.7. The molecule has 98 valence electrons. The van der Waals surface area contributed by atoms with Crippen LogP contribution in [0, 0.1) is 11.3 Å². The first kappa shape index (κ1) is 12.9. The number of rotatable bonds is 5. The van der Waals surface area contributed by atoms with Crippen molar-refractivity contribution in [2.24, 2.45) is 0 Å².